The molecule has 78 valence electrons. The fourth-order valence-electron chi connectivity index (χ4n) is 1.72. The molecule has 1 rings (SSSR count). The molecule has 0 N–H and O–H groups in total. The molecule has 0 saturated heterocycles. The van der Waals surface area contributed by atoms with Crippen molar-refractivity contribution in [2.24, 2.45) is 0 Å². The van der Waals surface area contributed by atoms with Gasteiger partial charge in [-0.1, -0.05) is 39.8 Å². The van der Waals surface area contributed by atoms with Gasteiger partial charge in [0.05, 0.1) is 0 Å². The van der Waals surface area contributed by atoms with E-state index in [9.17, 15) is 0 Å². The topological polar surface area (TPSA) is 0 Å². The third-order valence-electron chi connectivity index (χ3n) is 2.51. The molecule has 0 aliphatic rings. The average molecular weight is 226 g/mol. The average Bonchev–Trinajstić information content (AvgIpc) is 2.01. The SMILES string of the molecule is CC(C)c1cc(P)c(C(C)C)c(P)c1. The first-order valence-corrected chi connectivity index (χ1v) is 6.27. The van der Waals surface area contributed by atoms with Crippen molar-refractivity contribution in [3.05, 3.63) is 23.3 Å². The second-order valence-corrected chi connectivity index (χ2v) is 5.67. The highest BCUT2D eigenvalue weighted by Crippen LogP contribution is 2.19. The van der Waals surface area contributed by atoms with Gasteiger partial charge in [0.25, 0.3) is 0 Å². The molecule has 0 saturated carbocycles. The zero-order valence-corrected chi connectivity index (χ0v) is 11.8. The van der Waals surface area contributed by atoms with Crippen molar-refractivity contribution in [1.29, 1.82) is 0 Å². The van der Waals surface area contributed by atoms with Gasteiger partial charge in [-0.25, -0.2) is 0 Å². The molecule has 2 heteroatoms. The molecule has 0 heterocycles. The molecule has 0 bridgehead atoms. The van der Waals surface area contributed by atoms with Gasteiger partial charge in [0.2, 0.25) is 0 Å². The van der Waals surface area contributed by atoms with Crippen LogP contribution in [0, 0.1) is 0 Å². The monoisotopic (exact) mass is 226 g/mol. The second-order valence-electron chi connectivity index (χ2n) is 4.42. The summed E-state index contributed by atoms with van der Waals surface area (Å²) in [7, 11) is 5.71. The fraction of sp³-hybridized carbons (Fsp3) is 0.500. The van der Waals surface area contributed by atoms with E-state index < -0.39 is 0 Å². The Labute approximate surface area is 92.3 Å². The lowest BCUT2D eigenvalue weighted by molar-refractivity contribution is 0.856. The van der Waals surface area contributed by atoms with Crippen LogP contribution in [0.1, 0.15) is 50.7 Å². The molecule has 0 nitrogen and oxygen atoms in total. The molecule has 0 radical (unpaired) electrons. The van der Waals surface area contributed by atoms with Crippen LogP contribution in [0.2, 0.25) is 0 Å². The summed E-state index contributed by atoms with van der Waals surface area (Å²) in [6.07, 6.45) is 0. The van der Waals surface area contributed by atoms with Gasteiger partial charge in [-0.15, -0.1) is 18.5 Å². The Bertz CT molecular complexity index is 304. The molecule has 0 aliphatic heterocycles. The van der Waals surface area contributed by atoms with Crippen molar-refractivity contribution >= 4 is 29.1 Å². The summed E-state index contributed by atoms with van der Waals surface area (Å²) in [6.45, 7) is 8.95. The fourth-order valence-corrected chi connectivity index (χ4v) is 3.27. The number of rotatable bonds is 2. The number of hydrogen-bond acceptors (Lipinski definition) is 0. The van der Waals surface area contributed by atoms with E-state index in [0.717, 1.165) is 0 Å². The summed E-state index contributed by atoms with van der Waals surface area (Å²) in [4.78, 5) is 0. The molecular weight excluding hydrogens is 206 g/mol. The van der Waals surface area contributed by atoms with Crippen LogP contribution in [0.5, 0.6) is 0 Å². The molecule has 0 aromatic heterocycles. The van der Waals surface area contributed by atoms with E-state index in [2.05, 4.69) is 58.3 Å². The maximum Gasteiger partial charge on any atom is -0.0207 e. The van der Waals surface area contributed by atoms with Gasteiger partial charge in [0.15, 0.2) is 0 Å². The highest BCUT2D eigenvalue weighted by atomic mass is 31.0. The van der Waals surface area contributed by atoms with Gasteiger partial charge in [0, 0.05) is 0 Å². The first-order chi connectivity index (χ1) is 6.43. The lowest BCUT2D eigenvalue weighted by atomic mass is 9.97. The summed E-state index contributed by atoms with van der Waals surface area (Å²) in [5, 5.41) is 2.69. The Balaban J connectivity index is 3.25. The van der Waals surface area contributed by atoms with Crippen molar-refractivity contribution < 1.29 is 0 Å². The Morgan fingerprint density at radius 3 is 1.57 bits per heavy atom. The highest BCUT2D eigenvalue weighted by Gasteiger charge is 2.10. The van der Waals surface area contributed by atoms with Crippen LogP contribution in [-0.2, 0) is 0 Å². The van der Waals surface area contributed by atoms with Gasteiger partial charge >= 0.3 is 0 Å². The van der Waals surface area contributed by atoms with Gasteiger partial charge in [0.1, 0.15) is 0 Å². The van der Waals surface area contributed by atoms with Gasteiger partial charge < -0.3 is 0 Å². The largest absolute Gasteiger partial charge is 0.105 e. The predicted octanol–water partition coefficient (Wildman–Crippen LogP) is 2.93. The third-order valence-corrected chi connectivity index (χ3v) is 3.47. The normalized spacial score (nSPS) is 11.4. The standard InChI is InChI=1S/C12H20P2/c1-7(2)9-5-10(13)12(8(3)4)11(14)6-9/h5-8H,13-14H2,1-4H3. The van der Waals surface area contributed by atoms with E-state index in [-0.39, 0.29) is 0 Å². The summed E-state index contributed by atoms with van der Waals surface area (Å²) < 4.78 is 0. The van der Waals surface area contributed by atoms with E-state index in [1.54, 1.807) is 0 Å². The van der Waals surface area contributed by atoms with E-state index >= 15 is 0 Å². The molecule has 1 aromatic carbocycles. The molecular formula is C12H20P2. The minimum absolute atomic E-state index is 0.594. The molecule has 0 fully saturated rings. The summed E-state index contributed by atoms with van der Waals surface area (Å²) in [6, 6.07) is 4.58. The van der Waals surface area contributed by atoms with Gasteiger partial charge in [-0.3, -0.25) is 0 Å². The molecule has 0 spiro atoms. The van der Waals surface area contributed by atoms with Crippen LogP contribution in [0.15, 0.2) is 12.1 Å². The van der Waals surface area contributed by atoms with Crippen molar-refractivity contribution in [3.63, 3.8) is 0 Å². The van der Waals surface area contributed by atoms with Crippen LogP contribution >= 0.6 is 18.5 Å². The van der Waals surface area contributed by atoms with Crippen LogP contribution in [0.25, 0.3) is 0 Å². The van der Waals surface area contributed by atoms with Gasteiger partial charge in [-0.2, -0.15) is 0 Å². The predicted molar refractivity (Wildman–Crippen MR) is 73.3 cm³/mol. The maximum absolute atomic E-state index is 2.86. The van der Waals surface area contributed by atoms with Crippen molar-refractivity contribution in [1.82, 2.24) is 0 Å². The summed E-state index contributed by atoms with van der Waals surface area (Å²) in [5.41, 5.74) is 2.87. The quantitative estimate of drug-likeness (QED) is 0.680. The Kier molecular flexibility index (Phi) is 4.11. The summed E-state index contributed by atoms with van der Waals surface area (Å²) >= 11 is 0. The first-order valence-electron chi connectivity index (χ1n) is 5.12. The number of hydrogen-bond donors (Lipinski definition) is 0. The second kappa shape index (κ2) is 4.73. The highest BCUT2D eigenvalue weighted by molar-refractivity contribution is 7.29. The van der Waals surface area contributed by atoms with Crippen molar-refractivity contribution in [3.8, 4) is 0 Å². The molecule has 2 atom stereocenters. The zero-order chi connectivity index (χ0) is 10.9. The molecule has 14 heavy (non-hydrogen) atoms. The Morgan fingerprint density at radius 1 is 0.857 bits per heavy atom. The van der Waals surface area contributed by atoms with E-state index in [1.807, 2.05) is 0 Å². The Hall–Kier alpha value is 0.0800. The zero-order valence-electron chi connectivity index (χ0n) is 9.46. The first kappa shape index (κ1) is 12.2. The van der Waals surface area contributed by atoms with Gasteiger partial charge in [-0.05, 0) is 33.6 Å². The van der Waals surface area contributed by atoms with Crippen molar-refractivity contribution in [2.75, 3.05) is 0 Å². The lowest BCUT2D eigenvalue weighted by Crippen LogP contribution is -2.16. The Morgan fingerprint density at radius 2 is 1.29 bits per heavy atom. The van der Waals surface area contributed by atoms with Crippen molar-refractivity contribution in [2.45, 2.75) is 39.5 Å². The maximum atomic E-state index is 2.86. The van der Waals surface area contributed by atoms with E-state index in [1.165, 1.54) is 21.7 Å². The number of benzene rings is 1. The molecule has 0 amide bonds. The van der Waals surface area contributed by atoms with Crippen LogP contribution in [-0.4, -0.2) is 0 Å². The van der Waals surface area contributed by atoms with E-state index in [4.69, 9.17) is 0 Å². The molecule has 0 aliphatic carbocycles. The minimum Gasteiger partial charge on any atom is -0.105 e. The minimum atomic E-state index is 0.594. The third kappa shape index (κ3) is 2.56. The van der Waals surface area contributed by atoms with E-state index in [0.29, 0.717) is 11.8 Å². The van der Waals surface area contributed by atoms with Crippen LogP contribution in [0.4, 0.5) is 0 Å². The smallest absolute Gasteiger partial charge is 0.0207 e. The molecule has 2 unspecified atom stereocenters. The lowest BCUT2D eigenvalue weighted by Gasteiger charge is -2.16. The summed E-state index contributed by atoms with van der Waals surface area (Å²) in [5.74, 6) is 1.20. The van der Waals surface area contributed by atoms with Crippen LogP contribution < -0.4 is 10.6 Å². The molecule has 1 aromatic rings. The van der Waals surface area contributed by atoms with Crippen LogP contribution in [0.3, 0.4) is 0 Å².